The molecule has 0 saturated heterocycles. The number of benzene rings is 2. The van der Waals surface area contributed by atoms with E-state index in [1.807, 2.05) is 13.8 Å². The van der Waals surface area contributed by atoms with Gasteiger partial charge < -0.3 is 4.74 Å². The van der Waals surface area contributed by atoms with Crippen molar-refractivity contribution in [2.24, 2.45) is 0 Å². The number of nitrogens with zero attached hydrogens (tertiary/aromatic N) is 1. The van der Waals surface area contributed by atoms with Crippen LogP contribution in [0.3, 0.4) is 0 Å². The molecule has 0 aromatic heterocycles. The van der Waals surface area contributed by atoms with Gasteiger partial charge in [0.05, 0.1) is 16.0 Å². The molecule has 0 saturated carbocycles. The van der Waals surface area contributed by atoms with Gasteiger partial charge in [0, 0.05) is 5.02 Å². The molecule has 2 aromatic rings. The predicted octanol–water partition coefficient (Wildman–Crippen LogP) is 5.12. The predicted molar refractivity (Wildman–Crippen MR) is 99.4 cm³/mol. The number of halogens is 2. The van der Waals surface area contributed by atoms with Crippen molar-refractivity contribution in [3.8, 4) is 11.8 Å². The fourth-order valence-electron chi connectivity index (χ4n) is 2.04. The Morgan fingerprint density at radius 3 is 2.36 bits per heavy atom. The maximum atomic E-state index is 12.7. The van der Waals surface area contributed by atoms with Crippen LogP contribution in [0.5, 0.6) is 5.75 Å². The summed E-state index contributed by atoms with van der Waals surface area (Å²) in [7, 11) is -4.08. The van der Waals surface area contributed by atoms with E-state index in [2.05, 4.69) is 0 Å². The molecule has 0 bridgehead atoms. The zero-order chi connectivity index (χ0) is 18.6. The summed E-state index contributed by atoms with van der Waals surface area (Å²) in [6, 6.07) is 12.6. The number of ether oxygens (including phenoxy) is 1. The van der Waals surface area contributed by atoms with Crippen LogP contribution in [-0.4, -0.2) is 14.5 Å². The molecule has 0 heterocycles. The lowest BCUT2D eigenvalue weighted by atomic mass is 10.2. The van der Waals surface area contributed by atoms with Gasteiger partial charge in [-0.1, -0.05) is 35.3 Å². The molecule has 0 atom stereocenters. The molecule has 0 N–H and O–H groups in total. The van der Waals surface area contributed by atoms with Gasteiger partial charge in [0.1, 0.15) is 16.7 Å². The van der Waals surface area contributed by atoms with Gasteiger partial charge >= 0.3 is 0 Å². The quantitative estimate of drug-likeness (QED) is 0.658. The Hall–Kier alpha value is -2.00. The van der Waals surface area contributed by atoms with Crippen LogP contribution in [0.25, 0.3) is 6.08 Å². The highest BCUT2D eigenvalue weighted by Gasteiger charge is 2.24. The minimum Gasteiger partial charge on any atom is -0.491 e. The van der Waals surface area contributed by atoms with Crippen molar-refractivity contribution < 1.29 is 13.2 Å². The summed E-state index contributed by atoms with van der Waals surface area (Å²) in [6.45, 7) is 3.81. The first-order valence-corrected chi connectivity index (χ1v) is 9.56. The third kappa shape index (κ3) is 4.76. The van der Waals surface area contributed by atoms with Gasteiger partial charge in [0.2, 0.25) is 9.84 Å². The van der Waals surface area contributed by atoms with Gasteiger partial charge in [-0.05, 0) is 55.8 Å². The van der Waals surface area contributed by atoms with E-state index in [1.165, 1.54) is 24.3 Å². The van der Waals surface area contributed by atoms with Gasteiger partial charge in [0.15, 0.2) is 0 Å². The minimum atomic E-state index is -4.08. The second-order valence-electron chi connectivity index (χ2n) is 5.43. The Morgan fingerprint density at radius 1 is 1.16 bits per heavy atom. The summed E-state index contributed by atoms with van der Waals surface area (Å²) in [6.07, 6.45) is 1.31. The Morgan fingerprint density at radius 2 is 1.80 bits per heavy atom. The van der Waals surface area contributed by atoms with Crippen molar-refractivity contribution >= 4 is 39.1 Å². The molecular formula is C18H15Cl2NO3S. The van der Waals surface area contributed by atoms with Gasteiger partial charge in [0.25, 0.3) is 0 Å². The third-order valence-electron chi connectivity index (χ3n) is 3.13. The second-order valence-corrected chi connectivity index (χ2v) is 8.16. The van der Waals surface area contributed by atoms with Crippen molar-refractivity contribution in [3.63, 3.8) is 0 Å². The van der Waals surface area contributed by atoms with Crippen LogP contribution < -0.4 is 4.74 Å². The van der Waals surface area contributed by atoms with E-state index in [-0.39, 0.29) is 21.0 Å². The standard InChI is InChI=1S/C18H15Cl2NO3S/c1-12(2)24-15-6-3-13(4-7-15)9-16(11-21)25(22,23)18-10-14(19)5-8-17(18)20/h3-10,12H,1-2H3/b16-9+. The molecule has 0 fully saturated rings. The molecule has 0 spiro atoms. The minimum absolute atomic E-state index is 0.00577. The Balaban J connectivity index is 2.43. The number of rotatable bonds is 5. The van der Waals surface area contributed by atoms with Crippen LogP contribution in [0.4, 0.5) is 0 Å². The number of hydrogen-bond acceptors (Lipinski definition) is 4. The number of hydrogen-bond donors (Lipinski definition) is 0. The summed E-state index contributed by atoms with van der Waals surface area (Å²) in [5.74, 6) is 0.659. The largest absolute Gasteiger partial charge is 0.491 e. The van der Waals surface area contributed by atoms with E-state index >= 15 is 0 Å². The van der Waals surface area contributed by atoms with Crippen LogP contribution in [0, 0.1) is 11.3 Å². The summed E-state index contributed by atoms with van der Waals surface area (Å²) >= 11 is 11.8. The molecule has 4 nitrogen and oxygen atoms in total. The molecule has 0 aliphatic rings. The fourth-order valence-corrected chi connectivity index (χ4v) is 3.95. The first kappa shape index (κ1) is 19.3. The van der Waals surface area contributed by atoms with Crippen molar-refractivity contribution in [1.82, 2.24) is 0 Å². The summed E-state index contributed by atoms with van der Waals surface area (Å²) in [5, 5.41) is 9.54. The number of sulfone groups is 1. The summed E-state index contributed by atoms with van der Waals surface area (Å²) < 4.78 is 30.9. The van der Waals surface area contributed by atoms with E-state index < -0.39 is 14.7 Å². The van der Waals surface area contributed by atoms with Crippen molar-refractivity contribution in [2.75, 3.05) is 0 Å². The fraction of sp³-hybridized carbons (Fsp3) is 0.167. The molecule has 0 unspecified atom stereocenters. The highest BCUT2D eigenvalue weighted by Crippen LogP contribution is 2.30. The SMILES string of the molecule is CC(C)Oc1ccc(/C=C(\C#N)S(=O)(=O)c2cc(Cl)ccc2Cl)cc1. The molecule has 0 aliphatic heterocycles. The Labute approximate surface area is 157 Å². The van der Waals surface area contributed by atoms with Gasteiger partial charge in [-0.2, -0.15) is 5.26 Å². The Kier molecular flexibility index (Phi) is 6.12. The molecule has 25 heavy (non-hydrogen) atoms. The summed E-state index contributed by atoms with van der Waals surface area (Å²) in [5.41, 5.74) is 0.550. The molecule has 2 rings (SSSR count). The van der Waals surface area contributed by atoms with E-state index in [0.717, 1.165) is 0 Å². The molecular weight excluding hydrogens is 381 g/mol. The zero-order valence-electron chi connectivity index (χ0n) is 13.5. The lowest BCUT2D eigenvalue weighted by Crippen LogP contribution is -2.05. The van der Waals surface area contributed by atoms with E-state index in [0.29, 0.717) is 11.3 Å². The second kappa shape index (κ2) is 7.92. The maximum Gasteiger partial charge on any atom is 0.218 e. The average molecular weight is 396 g/mol. The molecule has 7 heteroatoms. The first-order chi connectivity index (χ1) is 11.7. The zero-order valence-corrected chi connectivity index (χ0v) is 15.9. The van der Waals surface area contributed by atoms with E-state index in [4.69, 9.17) is 27.9 Å². The smallest absolute Gasteiger partial charge is 0.218 e. The van der Waals surface area contributed by atoms with E-state index in [9.17, 15) is 13.7 Å². The van der Waals surface area contributed by atoms with Crippen molar-refractivity contribution in [2.45, 2.75) is 24.8 Å². The molecule has 0 radical (unpaired) electrons. The van der Waals surface area contributed by atoms with Crippen LogP contribution in [0.1, 0.15) is 19.4 Å². The maximum absolute atomic E-state index is 12.7. The third-order valence-corrected chi connectivity index (χ3v) is 5.51. The number of nitriles is 1. The lowest BCUT2D eigenvalue weighted by Gasteiger charge is -2.09. The lowest BCUT2D eigenvalue weighted by molar-refractivity contribution is 0.242. The summed E-state index contributed by atoms with van der Waals surface area (Å²) in [4.78, 5) is -0.622. The topological polar surface area (TPSA) is 67.2 Å². The van der Waals surface area contributed by atoms with Crippen LogP contribution >= 0.6 is 23.2 Å². The van der Waals surface area contributed by atoms with Crippen molar-refractivity contribution in [3.05, 3.63) is 63.0 Å². The van der Waals surface area contributed by atoms with Crippen LogP contribution in [0.2, 0.25) is 10.0 Å². The molecule has 130 valence electrons. The molecule has 0 amide bonds. The normalized spacial score (nSPS) is 12.1. The van der Waals surface area contributed by atoms with Crippen LogP contribution in [-0.2, 0) is 9.84 Å². The van der Waals surface area contributed by atoms with Gasteiger partial charge in [-0.15, -0.1) is 0 Å². The molecule has 0 aliphatic carbocycles. The van der Waals surface area contributed by atoms with Gasteiger partial charge in [-0.3, -0.25) is 0 Å². The number of allylic oxidation sites excluding steroid dienone is 1. The molecule has 2 aromatic carbocycles. The first-order valence-electron chi connectivity index (χ1n) is 7.32. The monoisotopic (exact) mass is 395 g/mol. The average Bonchev–Trinajstić information content (AvgIpc) is 2.55. The highest BCUT2D eigenvalue weighted by atomic mass is 35.5. The Bertz CT molecular complexity index is 943. The van der Waals surface area contributed by atoms with Crippen molar-refractivity contribution in [1.29, 1.82) is 5.26 Å². The van der Waals surface area contributed by atoms with E-state index in [1.54, 1.807) is 30.3 Å². The van der Waals surface area contributed by atoms with Crippen LogP contribution in [0.15, 0.2) is 52.3 Å². The van der Waals surface area contributed by atoms with Gasteiger partial charge in [-0.25, -0.2) is 8.42 Å². The highest BCUT2D eigenvalue weighted by molar-refractivity contribution is 7.95.